The molecule has 0 fully saturated rings. The highest BCUT2D eigenvalue weighted by Gasteiger charge is 2.12. The van der Waals surface area contributed by atoms with Crippen LogP contribution in [0.1, 0.15) is 0 Å². The van der Waals surface area contributed by atoms with Crippen molar-refractivity contribution in [1.29, 1.82) is 0 Å². The van der Waals surface area contributed by atoms with Gasteiger partial charge in [0.1, 0.15) is 0 Å². The minimum Gasteiger partial charge on any atom is -0.394 e. The van der Waals surface area contributed by atoms with Crippen LogP contribution in [0.25, 0.3) is 10.2 Å². The van der Waals surface area contributed by atoms with Gasteiger partial charge in [-0.15, -0.1) is 0 Å². The number of nitrogens with one attached hydrogen (secondary N) is 2. The van der Waals surface area contributed by atoms with Gasteiger partial charge in [0.15, 0.2) is 5.13 Å². The first-order valence-corrected chi connectivity index (χ1v) is 6.70. The summed E-state index contributed by atoms with van der Waals surface area (Å²) < 4.78 is 0.579. The highest BCUT2D eigenvalue weighted by molar-refractivity contribution is 7.22. The molecule has 0 aliphatic carbocycles. The maximum absolute atomic E-state index is 11.5. The lowest BCUT2D eigenvalue weighted by Gasteiger charge is -2.08. The second-order valence-corrected chi connectivity index (χ2v) is 5.13. The first kappa shape index (κ1) is 15.1. The van der Waals surface area contributed by atoms with Gasteiger partial charge in [0.25, 0.3) is 5.69 Å². The van der Waals surface area contributed by atoms with E-state index in [1.165, 1.54) is 18.2 Å². The molecule has 0 saturated heterocycles. The number of anilines is 1. The SMILES string of the molecule is O=C(NCC(O)CO)Nc1nc2ccc([N+](=O)[O-])cc2s1. The molecule has 2 amide bonds. The lowest BCUT2D eigenvalue weighted by Crippen LogP contribution is -2.36. The first-order valence-electron chi connectivity index (χ1n) is 5.88. The molecule has 1 atom stereocenters. The molecule has 112 valence electrons. The third-order valence-corrected chi connectivity index (χ3v) is 3.45. The predicted molar refractivity (Wildman–Crippen MR) is 76.4 cm³/mol. The zero-order valence-corrected chi connectivity index (χ0v) is 11.5. The Morgan fingerprint density at radius 1 is 1.52 bits per heavy atom. The minimum absolute atomic E-state index is 0.0479. The lowest BCUT2D eigenvalue weighted by molar-refractivity contribution is -0.384. The summed E-state index contributed by atoms with van der Waals surface area (Å²) in [5.74, 6) is 0. The van der Waals surface area contributed by atoms with Crippen LogP contribution in [0.5, 0.6) is 0 Å². The van der Waals surface area contributed by atoms with Crippen molar-refractivity contribution in [2.75, 3.05) is 18.5 Å². The molecule has 4 N–H and O–H groups in total. The highest BCUT2D eigenvalue weighted by Crippen LogP contribution is 2.28. The number of aromatic nitrogens is 1. The molecule has 0 aliphatic heterocycles. The number of amides is 2. The Morgan fingerprint density at radius 2 is 2.29 bits per heavy atom. The van der Waals surface area contributed by atoms with E-state index >= 15 is 0 Å². The second-order valence-electron chi connectivity index (χ2n) is 4.10. The van der Waals surface area contributed by atoms with Crippen LogP contribution in [-0.2, 0) is 0 Å². The molecule has 0 radical (unpaired) electrons. The molecule has 1 aromatic heterocycles. The standard InChI is InChI=1S/C11H12N4O5S/c16-5-7(17)4-12-10(18)14-11-13-8-2-1-6(15(19)20)3-9(8)21-11/h1-3,7,16-17H,4-5H2,(H2,12,13,14,18). The van der Waals surface area contributed by atoms with Crippen LogP contribution < -0.4 is 10.6 Å². The largest absolute Gasteiger partial charge is 0.394 e. The summed E-state index contributed by atoms with van der Waals surface area (Å²) in [4.78, 5) is 25.8. The van der Waals surface area contributed by atoms with E-state index in [1.54, 1.807) is 0 Å². The molecule has 0 bridgehead atoms. The van der Waals surface area contributed by atoms with Crippen LogP contribution in [0.2, 0.25) is 0 Å². The Balaban J connectivity index is 2.05. The molecule has 0 spiro atoms. The number of nitrogens with zero attached hydrogens (tertiary/aromatic N) is 2. The van der Waals surface area contributed by atoms with Gasteiger partial charge < -0.3 is 15.5 Å². The average molecular weight is 312 g/mol. The number of fused-ring (bicyclic) bond motifs is 1. The number of thiazole rings is 1. The molecule has 0 aliphatic rings. The molecule has 2 rings (SSSR count). The highest BCUT2D eigenvalue weighted by atomic mass is 32.1. The lowest BCUT2D eigenvalue weighted by atomic mass is 10.3. The number of non-ortho nitro benzene ring substituents is 1. The maximum Gasteiger partial charge on any atom is 0.321 e. The van der Waals surface area contributed by atoms with E-state index in [2.05, 4.69) is 15.6 Å². The molecule has 1 heterocycles. The fourth-order valence-corrected chi connectivity index (χ4v) is 2.39. The Bertz CT molecular complexity index is 674. The number of urea groups is 1. The summed E-state index contributed by atoms with van der Waals surface area (Å²) in [6, 6.07) is 3.63. The van der Waals surface area contributed by atoms with Crippen LogP contribution in [0.4, 0.5) is 15.6 Å². The van der Waals surface area contributed by atoms with Crippen molar-refractivity contribution in [3.63, 3.8) is 0 Å². The second kappa shape index (κ2) is 6.43. The van der Waals surface area contributed by atoms with Gasteiger partial charge in [-0.2, -0.15) is 0 Å². The van der Waals surface area contributed by atoms with Gasteiger partial charge in [-0.05, 0) is 6.07 Å². The van der Waals surface area contributed by atoms with Crippen molar-refractivity contribution >= 4 is 38.4 Å². The molecule has 1 aromatic carbocycles. The maximum atomic E-state index is 11.5. The number of benzene rings is 1. The van der Waals surface area contributed by atoms with Crippen LogP contribution in [0, 0.1) is 10.1 Å². The average Bonchev–Trinajstić information content (AvgIpc) is 2.85. The van der Waals surface area contributed by atoms with E-state index in [9.17, 15) is 14.9 Å². The number of hydrogen-bond donors (Lipinski definition) is 4. The third-order valence-electron chi connectivity index (χ3n) is 2.51. The van der Waals surface area contributed by atoms with Gasteiger partial charge in [-0.1, -0.05) is 11.3 Å². The van der Waals surface area contributed by atoms with Crippen molar-refractivity contribution in [1.82, 2.24) is 10.3 Å². The molecule has 2 aromatic rings. The molecular weight excluding hydrogens is 300 g/mol. The van der Waals surface area contributed by atoms with E-state index in [0.29, 0.717) is 10.2 Å². The van der Waals surface area contributed by atoms with Crippen LogP contribution >= 0.6 is 11.3 Å². The van der Waals surface area contributed by atoms with Gasteiger partial charge in [-0.3, -0.25) is 15.4 Å². The molecule has 0 saturated carbocycles. The number of rotatable bonds is 5. The monoisotopic (exact) mass is 312 g/mol. The quantitative estimate of drug-likeness (QED) is 0.473. The third kappa shape index (κ3) is 3.84. The number of carbonyl (C=O) groups is 1. The Hall–Kier alpha value is -2.30. The number of hydrogen-bond acceptors (Lipinski definition) is 7. The summed E-state index contributed by atoms with van der Waals surface area (Å²) in [5.41, 5.74) is 0.490. The number of carbonyl (C=O) groups excluding carboxylic acids is 1. The van der Waals surface area contributed by atoms with Gasteiger partial charge in [0.05, 0.1) is 27.9 Å². The van der Waals surface area contributed by atoms with Crippen LogP contribution in [0.3, 0.4) is 0 Å². The van der Waals surface area contributed by atoms with Crippen molar-refractivity contribution in [3.8, 4) is 0 Å². The van der Waals surface area contributed by atoms with Crippen molar-refractivity contribution in [2.24, 2.45) is 0 Å². The molecular formula is C11H12N4O5S. The smallest absolute Gasteiger partial charge is 0.321 e. The summed E-state index contributed by atoms with van der Waals surface area (Å²) in [6.07, 6.45) is -1.03. The van der Waals surface area contributed by atoms with Gasteiger partial charge in [-0.25, -0.2) is 9.78 Å². The van der Waals surface area contributed by atoms with Gasteiger partial charge in [0.2, 0.25) is 0 Å². The van der Waals surface area contributed by atoms with Crippen molar-refractivity contribution < 1.29 is 19.9 Å². The van der Waals surface area contributed by atoms with E-state index in [1.807, 2.05) is 0 Å². The van der Waals surface area contributed by atoms with Crippen molar-refractivity contribution in [3.05, 3.63) is 28.3 Å². The summed E-state index contributed by atoms with van der Waals surface area (Å²) in [7, 11) is 0. The van der Waals surface area contributed by atoms with Crippen molar-refractivity contribution in [2.45, 2.75) is 6.10 Å². The molecule has 10 heteroatoms. The Kier molecular flexibility index (Phi) is 4.62. The van der Waals surface area contributed by atoms with Gasteiger partial charge >= 0.3 is 6.03 Å². The Morgan fingerprint density at radius 3 is 2.95 bits per heavy atom. The summed E-state index contributed by atoms with van der Waals surface area (Å²) in [5, 5.41) is 33.5. The predicted octanol–water partition coefficient (Wildman–Crippen LogP) is 0.679. The van der Waals surface area contributed by atoms with E-state index < -0.39 is 23.7 Å². The molecule has 9 nitrogen and oxygen atoms in total. The number of nitro benzene ring substituents is 1. The van der Waals surface area contributed by atoms with Crippen LogP contribution in [-0.4, -0.2) is 45.4 Å². The Labute approximate surface area is 122 Å². The number of aliphatic hydroxyl groups excluding tert-OH is 2. The first-order chi connectivity index (χ1) is 9.99. The molecule has 1 unspecified atom stereocenters. The summed E-state index contributed by atoms with van der Waals surface area (Å²) in [6.45, 7) is -0.552. The molecule has 21 heavy (non-hydrogen) atoms. The minimum atomic E-state index is -1.03. The van der Waals surface area contributed by atoms with Crippen LogP contribution in [0.15, 0.2) is 18.2 Å². The van der Waals surface area contributed by atoms with E-state index in [0.717, 1.165) is 11.3 Å². The van der Waals surface area contributed by atoms with E-state index in [4.69, 9.17) is 10.2 Å². The fraction of sp³-hybridized carbons (Fsp3) is 0.273. The topological polar surface area (TPSA) is 138 Å². The number of aliphatic hydroxyl groups is 2. The fourth-order valence-electron chi connectivity index (χ4n) is 1.50. The number of nitro groups is 1. The summed E-state index contributed by atoms with van der Waals surface area (Å²) >= 11 is 1.10. The van der Waals surface area contributed by atoms with E-state index in [-0.39, 0.29) is 17.4 Å². The normalized spacial score (nSPS) is 12.1. The zero-order chi connectivity index (χ0) is 15.4. The zero-order valence-electron chi connectivity index (χ0n) is 10.6. The van der Waals surface area contributed by atoms with Gasteiger partial charge in [0, 0.05) is 18.7 Å².